The summed E-state index contributed by atoms with van der Waals surface area (Å²) in [5.74, 6) is 0.00218. The van der Waals surface area contributed by atoms with Crippen LogP contribution in [0.1, 0.15) is 60.8 Å². The fourth-order valence-electron chi connectivity index (χ4n) is 3.64. The van der Waals surface area contributed by atoms with Gasteiger partial charge >= 0.3 is 5.97 Å². The molecule has 2 amide bonds. The molecule has 2 aliphatic rings. The van der Waals surface area contributed by atoms with Gasteiger partial charge in [0.25, 0.3) is 0 Å². The molecule has 0 aromatic rings. The summed E-state index contributed by atoms with van der Waals surface area (Å²) in [5, 5.41) is 0. The number of amides is 2. The van der Waals surface area contributed by atoms with Crippen LogP contribution in [0.25, 0.3) is 0 Å². The second-order valence-corrected chi connectivity index (χ2v) is 10.3. The summed E-state index contributed by atoms with van der Waals surface area (Å²) >= 11 is 0. The van der Waals surface area contributed by atoms with Gasteiger partial charge in [0.1, 0.15) is 6.04 Å². The number of rotatable bonds is 2. The van der Waals surface area contributed by atoms with Gasteiger partial charge in [-0.05, 0) is 33.4 Å². The van der Waals surface area contributed by atoms with Crippen LogP contribution in [0, 0.1) is 10.8 Å². The van der Waals surface area contributed by atoms with E-state index in [0.717, 1.165) is 25.9 Å². The van der Waals surface area contributed by atoms with Crippen LogP contribution in [0.4, 0.5) is 0 Å². The maximum Gasteiger partial charge on any atom is 0.328 e. The molecule has 0 bridgehead atoms. The van der Waals surface area contributed by atoms with E-state index in [4.69, 9.17) is 4.74 Å². The lowest BCUT2D eigenvalue weighted by molar-refractivity contribution is -0.153. The van der Waals surface area contributed by atoms with E-state index in [1.54, 1.807) is 4.90 Å². The summed E-state index contributed by atoms with van der Waals surface area (Å²) in [5.41, 5.74) is -0.669. The lowest BCUT2D eigenvalue weighted by Gasteiger charge is -2.29. The largest absolute Gasteiger partial charge is 0.467 e. The van der Waals surface area contributed by atoms with Crippen LogP contribution >= 0.6 is 0 Å². The molecule has 0 radical (unpaired) electrons. The Balaban J connectivity index is 0.000000291. The number of nitrogens with zero attached hydrogens (tertiary/aromatic N) is 3. The molecule has 2 saturated heterocycles. The molecule has 2 aliphatic heterocycles. The van der Waals surface area contributed by atoms with Gasteiger partial charge < -0.3 is 19.4 Å². The Morgan fingerprint density at radius 3 is 1.86 bits per heavy atom. The Kier molecular flexibility index (Phi) is 8.69. The normalized spacial score (nSPS) is 22.4. The number of likely N-dealkylation sites (N-methyl/N-ethyl adjacent to an activating group) is 1. The Morgan fingerprint density at radius 2 is 1.45 bits per heavy atom. The van der Waals surface area contributed by atoms with Gasteiger partial charge in [0.05, 0.1) is 7.11 Å². The lowest BCUT2D eigenvalue weighted by atomic mass is 9.94. The smallest absolute Gasteiger partial charge is 0.328 e. The minimum Gasteiger partial charge on any atom is -0.467 e. The first-order valence-electron chi connectivity index (χ1n) is 10.5. The number of hydrogen-bond acceptors (Lipinski definition) is 5. The monoisotopic (exact) mass is 411 g/mol. The van der Waals surface area contributed by atoms with Crippen LogP contribution in [0.5, 0.6) is 0 Å². The molecule has 168 valence electrons. The first kappa shape index (κ1) is 25.4. The van der Waals surface area contributed by atoms with Gasteiger partial charge in [0.15, 0.2) is 0 Å². The Bertz CT molecular complexity index is 590. The van der Waals surface area contributed by atoms with E-state index >= 15 is 0 Å². The molecule has 0 aliphatic carbocycles. The third-order valence-electron chi connectivity index (χ3n) is 5.45. The third-order valence-corrected chi connectivity index (χ3v) is 5.45. The quantitative estimate of drug-likeness (QED) is 0.653. The van der Waals surface area contributed by atoms with E-state index in [2.05, 4.69) is 19.0 Å². The van der Waals surface area contributed by atoms with Crippen molar-refractivity contribution in [1.29, 1.82) is 0 Å². The highest BCUT2D eigenvalue weighted by Gasteiger charge is 2.39. The summed E-state index contributed by atoms with van der Waals surface area (Å²) in [7, 11) is 5.52. The SMILES string of the molecule is CN(C)[C@@H]1CCN(C(=O)C(C)(C)C)C1.COC(=O)[C@H]1CCCN1C(=O)C(C)(C)C. The van der Waals surface area contributed by atoms with Crippen molar-refractivity contribution in [2.45, 2.75) is 72.9 Å². The molecular formula is C22H41N3O4. The number of ether oxygens (including phenoxy) is 1. The summed E-state index contributed by atoms with van der Waals surface area (Å²) in [6.07, 6.45) is 2.70. The predicted molar refractivity (Wildman–Crippen MR) is 114 cm³/mol. The molecule has 2 fully saturated rings. The Morgan fingerprint density at radius 1 is 0.897 bits per heavy atom. The van der Waals surface area contributed by atoms with Gasteiger partial charge in [0.2, 0.25) is 11.8 Å². The molecule has 0 aromatic carbocycles. The van der Waals surface area contributed by atoms with E-state index in [9.17, 15) is 14.4 Å². The number of carbonyl (C=O) groups is 3. The summed E-state index contributed by atoms with van der Waals surface area (Å²) < 4.78 is 4.69. The average Bonchev–Trinajstić information content (AvgIpc) is 3.28. The summed E-state index contributed by atoms with van der Waals surface area (Å²) in [4.78, 5) is 41.2. The minimum absolute atomic E-state index is 0.0235. The van der Waals surface area contributed by atoms with Gasteiger partial charge in [-0.15, -0.1) is 0 Å². The highest BCUT2D eigenvalue weighted by Crippen LogP contribution is 2.26. The number of carbonyl (C=O) groups excluding carboxylic acids is 3. The zero-order valence-corrected chi connectivity index (χ0v) is 19.9. The Labute approximate surface area is 176 Å². The van der Waals surface area contributed by atoms with Crippen LogP contribution < -0.4 is 0 Å². The molecule has 0 unspecified atom stereocenters. The van der Waals surface area contributed by atoms with Crippen molar-refractivity contribution >= 4 is 17.8 Å². The van der Waals surface area contributed by atoms with Crippen LogP contribution in [0.2, 0.25) is 0 Å². The van der Waals surface area contributed by atoms with Gasteiger partial charge in [-0.1, -0.05) is 41.5 Å². The standard InChI is InChI=1S/C11H22N2O.C11H19NO3/c1-11(2,3)10(14)13-7-6-9(8-13)12(4)5;1-11(2,3)10(14)12-7-5-6-8(12)9(13)15-4/h9H,6-8H2,1-5H3;8H,5-7H2,1-4H3/t9-;8-/m11/s1. The lowest BCUT2D eigenvalue weighted by Crippen LogP contribution is -2.46. The molecule has 0 N–H and O–H groups in total. The molecule has 2 rings (SSSR count). The molecule has 2 heterocycles. The number of hydrogen-bond donors (Lipinski definition) is 0. The average molecular weight is 412 g/mol. The molecule has 7 heteroatoms. The predicted octanol–water partition coefficient (Wildman–Crippen LogP) is 2.39. The zero-order valence-electron chi connectivity index (χ0n) is 19.9. The molecule has 2 atom stereocenters. The van der Waals surface area contributed by atoms with E-state index < -0.39 is 5.41 Å². The van der Waals surface area contributed by atoms with Crippen molar-refractivity contribution in [3.8, 4) is 0 Å². The number of esters is 1. The van der Waals surface area contributed by atoms with Gasteiger partial charge in [0, 0.05) is 36.5 Å². The number of likely N-dealkylation sites (tertiary alicyclic amines) is 2. The van der Waals surface area contributed by atoms with E-state index in [0.29, 0.717) is 19.0 Å². The molecule has 0 aromatic heterocycles. The van der Waals surface area contributed by atoms with Crippen molar-refractivity contribution in [3.05, 3.63) is 0 Å². The topological polar surface area (TPSA) is 70.2 Å². The van der Waals surface area contributed by atoms with E-state index in [-0.39, 0.29) is 29.2 Å². The summed E-state index contributed by atoms with van der Waals surface area (Å²) in [6, 6.07) is 0.169. The van der Waals surface area contributed by atoms with Crippen molar-refractivity contribution in [2.75, 3.05) is 40.8 Å². The van der Waals surface area contributed by atoms with Gasteiger partial charge in [-0.3, -0.25) is 9.59 Å². The van der Waals surface area contributed by atoms with Crippen molar-refractivity contribution < 1.29 is 19.1 Å². The van der Waals surface area contributed by atoms with Crippen molar-refractivity contribution in [1.82, 2.24) is 14.7 Å². The van der Waals surface area contributed by atoms with E-state index in [1.165, 1.54) is 7.11 Å². The van der Waals surface area contributed by atoms with Crippen LogP contribution in [0.3, 0.4) is 0 Å². The van der Waals surface area contributed by atoms with Crippen LogP contribution in [-0.2, 0) is 19.1 Å². The summed E-state index contributed by atoms with van der Waals surface area (Å²) in [6.45, 7) is 14.0. The van der Waals surface area contributed by atoms with Gasteiger partial charge in [-0.25, -0.2) is 4.79 Å². The third kappa shape index (κ3) is 6.98. The van der Waals surface area contributed by atoms with Crippen molar-refractivity contribution in [2.24, 2.45) is 10.8 Å². The molecule has 29 heavy (non-hydrogen) atoms. The highest BCUT2D eigenvalue weighted by molar-refractivity contribution is 5.88. The highest BCUT2D eigenvalue weighted by atomic mass is 16.5. The molecule has 7 nitrogen and oxygen atoms in total. The first-order chi connectivity index (χ1) is 13.2. The van der Waals surface area contributed by atoms with Gasteiger partial charge in [-0.2, -0.15) is 0 Å². The minimum atomic E-state index is -0.434. The molecular weight excluding hydrogens is 370 g/mol. The first-order valence-corrected chi connectivity index (χ1v) is 10.5. The fraction of sp³-hybridized carbons (Fsp3) is 0.864. The second kappa shape index (κ2) is 9.92. The van der Waals surface area contributed by atoms with E-state index in [1.807, 2.05) is 46.4 Å². The molecule has 0 saturated carbocycles. The Hall–Kier alpha value is -1.63. The zero-order chi connectivity index (χ0) is 22.6. The molecule has 0 spiro atoms. The van der Waals surface area contributed by atoms with Crippen LogP contribution in [-0.4, -0.2) is 85.4 Å². The van der Waals surface area contributed by atoms with Crippen LogP contribution in [0.15, 0.2) is 0 Å². The van der Waals surface area contributed by atoms with Crippen molar-refractivity contribution in [3.63, 3.8) is 0 Å². The second-order valence-electron chi connectivity index (χ2n) is 10.3. The number of methoxy groups -OCH3 is 1. The maximum atomic E-state index is 12.0. The maximum absolute atomic E-state index is 12.0. The fourth-order valence-corrected chi connectivity index (χ4v) is 3.64.